The number of hydrogen-bond donors (Lipinski definition) is 5. The molecule has 0 heterocycles. The van der Waals surface area contributed by atoms with Gasteiger partial charge >= 0.3 is 5.97 Å². The Balaban J connectivity index is 5.33. The van der Waals surface area contributed by atoms with Crippen molar-refractivity contribution in [2.45, 2.75) is 71.1 Å². The van der Waals surface area contributed by atoms with Gasteiger partial charge in [-0.25, -0.2) is 4.79 Å². The average Bonchev–Trinajstić information content (AvgIpc) is 2.71. The van der Waals surface area contributed by atoms with Gasteiger partial charge in [0.15, 0.2) is 0 Å². The molecule has 0 fully saturated rings. The average molecular weight is 493 g/mol. The Kier molecular flexibility index (Phi) is 15.5. The van der Waals surface area contributed by atoms with Crippen LogP contribution >= 0.6 is 23.5 Å². The summed E-state index contributed by atoms with van der Waals surface area (Å²) in [4.78, 5) is 49.7. The third-order valence-electron chi connectivity index (χ3n) is 4.78. The lowest BCUT2D eigenvalue weighted by atomic mass is 10.0. The van der Waals surface area contributed by atoms with Crippen molar-refractivity contribution < 1.29 is 24.3 Å². The van der Waals surface area contributed by atoms with Crippen molar-refractivity contribution in [2.24, 2.45) is 17.6 Å². The summed E-state index contributed by atoms with van der Waals surface area (Å²) < 4.78 is 0. The molecule has 6 N–H and O–H groups in total. The molecule has 186 valence electrons. The molecule has 4 unspecified atom stereocenters. The number of rotatable bonds is 16. The number of nitrogens with one attached hydrogen (secondary N) is 3. The Bertz CT molecular complexity index is 619. The Morgan fingerprint density at radius 1 is 0.812 bits per heavy atom. The fraction of sp³-hybridized carbons (Fsp3) is 0.810. The molecular formula is C21H40N4O5S2. The first-order chi connectivity index (χ1) is 14.9. The summed E-state index contributed by atoms with van der Waals surface area (Å²) >= 11 is 3.09. The van der Waals surface area contributed by atoms with Crippen molar-refractivity contribution in [3.8, 4) is 0 Å². The number of carbonyl (C=O) groups excluding carboxylic acids is 3. The van der Waals surface area contributed by atoms with E-state index in [2.05, 4.69) is 16.0 Å². The summed E-state index contributed by atoms with van der Waals surface area (Å²) in [6.07, 6.45) is 4.90. The Hall–Kier alpha value is -1.46. The molecule has 4 atom stereocenters. The van der Waals surface area contributed by atoms with E-state index in [1.807, 2.05) is 26.4 Å². The summed E-state index contributed by atoms with van der Waals surface area (Å²) in [5.41, 5.74) is 5.91. The molecule has 0 aromatic rings. The van der Waals surface area contributed by atoms with E-state index in [0.29, 0.717) is 18.6 Å². The molecule has 11 heteroatoms. The lowest BCUT2D eigenvalue weighted by Gasteiger charge is -2.27. The summed E-state index contributed by atoms with van der Waals surface area (Å²) in [5.74, 6) is -1.41. The molecule has 0 saturated heterocycles. The Labute approximate surface area is 200 Å². The highest BCUT2D eigenvalue weighted by Gasteiger charge is 2.31. The molecule has 3 amide bonds. The molecule has 0 spiro atoms. The minimum atomic E-state index is -1.12. The summed E-state index contributed by atoms with van der Waals surface area (Å²) in [5, 5.41) is 17.4. The lowest BCUT2D eigenvalue weighted by molar-refractivity contribution is -0.142. The normalized spacial score (nSPS) is 15.0. The monoisotopic (exact) mass is 492 g/mol. The molecule has 9 nitrogen and oxygen atoms in total. The highest BCUT2D eigenvalue weighted by molar-refractivity contribution is 7.98. The summed E-state index contributed by atoms with van der Waals surface area (Å²) in [6.45, 7) is 7.32. The number of nitrogens with two attached hydrogens (primary N) is 1. The van der Waals surface area contributed by atoms with Gasteiger partial charge in [0.05, 0.1) is 6.04 Å². The van der Waals surface area contributed by atoms with E-state index >= 15 is 0 Å². The van der Waals surface area contributed by atoms with Crippen LogP contribution in [0, 0.1) is 11.8 Å². The molecule has 0 bridgehead atoms. The van der Waals surface area contributed by atoms with E-state index < -0.39 is 47.9 Å². The van der Waals surface area contributed by atoms with Gasteiger partial charge in [-0.1, -0.05) is 27.7 Å². The van der Waals surface area contributed by atoms with Gasteiger partial charge in [-0.15, -0.1) is 0 Å². The maximum atomic E-state index is 13.0. The van der Waals surface area contributed by atoms with Crippen LogP contribution in [-0.4, -0.2) is 77.0 Å². The highest BCUT2D eigenvalue weighted by Crippen LogP contribution is 2.09. The quantitative estimate of drug-likeness (QED) is 0.215. The van der Waals surface area contributed by atoms with Crippen molar-refractivity contribution >= 4 is 47.2 Å². The van der Waals surface area contributed by atoms with Crippen molar-refractivity contribution in [1.29, 1.82) is 0 Å². The number of carbonyl (C=O) groups is 4. The van der Waals surface area contributed by atoms with E-state index in [1.165, 1.54) is 11.8 Å². The fourth-order valence-corrected chi connectivity index (χ4v) is 3.86. The van der Waals surface area contributed by atoms with E-state index in [1.54, 1.807) is 25.6 Å². The summed E-state index contributed by atoms with van der Waals surface area (Å²) in [6, 6.07) is -3.53. The standard InChI is InChI=1S/C21H40N4O5S2/c1-12(2)11-16(21(29)30)24-19(27)15(8-10-32-6)23-20(28)17(13(3)4)25-18(26)14(22)7-9-31-5/h12-17H,7-11,22H2,1-6H3,(H,23,28)(H,24,27)(H,25,26)(H,29,30). The number of carboxylic acid groups (broad SMARTS) is 1. The SMILES string of the molecule is CSCCC(N)C(=O)NC(C(=O)NC(CCSC)C(=O)NC(CC(C)C)C(=O)O)C(C)C. The molecule has 0 aromatic heterocycles. The van der Waals surface area contributed by atoms with Gasteiger partial charge in [-0.2, -0.15) is 23.5 Å². The third-order valence-corrected chi connectivity index (χ3v) is 6.07. The second-order valence-corrected chi connectivity index (χ2v) is 10.5. The smallest absolute Gasteiger partial charge is 0.326 e. The van der Waals surface area contributed by atoms with Crippen LogP contribution in [0.3, 0.4) is 0 Å². The second-order valence-electron chi connectivity index (χ2n) is 8.49. The first kappa shape index (κ1) is 30.5. The van der Waals surface area contributed by atoms with Crippen molar-refractivity contribution in [3.63, 3.8) is 0 Å². The highest BCUT2D eigenvalue weighted by atomic mass is 32.2. The zero-order chi connectivity index (χ0) is 24.8. The van der Waals surface area contributed by atoms with Crippen LogP contribution in [0.5, 0.6) is 0 Å². The van der Waals surface area contributed by atoms with E-state index in [9.17, 15) is 24.3 Å². The van der Waals surface area contributed by atoms with Gasteiger partial charge in [-0.05, 0) is 55.1 Å². The lowest BCUT2D eigenvalue weighted by Crippen LogP contribution is -2.58. The molecule has 32 heavy (non-hydrogen) atoms. The topological polar surface area (TPSA) is 151 Å². The maximum Gasteiger partial charge on any atom is 0.326 e. The maximum absolute atomic E-state index is 13.0. The predicted molar refractivity (Wildman–Crippen MR) is 132 cm³/mol. The Morgan fingerprint density at radius 2 is 1.34 bits per heavy atom. The molecular weight excluding hydrogens is 452 g/mol. The van der Waals surface area contributed by atoms with Gasteiger partial charge in [0.25, 0.3) is 0 Å². The largest absolute Gasteiger partial charge is 0.480 e. The Morgan fingerprint density at radius 3 is 1.81 bits per heavy atom. The van der Waals surface area contributed by atoms with Crippen LogP contribution in [0.4, 0.5) is 0 Å². The minimum Gasteiger partial charge on any atom is -0.480 e. The first-order valence-electron chi connectivity index (χ1n) is 10.8. The zero-order valence-electron chi connectivity index (χ0n) is 20.0. The molecule has 0 radical (unpaired) electrons. The fourth-order valence-electron chi connectivity index (χ4n) is 2.90. The zero-order valence-corrected chi connectivity index (χ0v) is 21.6. The van der Waals surface area contributed by atoms with Gasteiger partial charge in [-0.3, -0.25) is 14.4 Å². The molecule has 0 aliphatic rings. The van der Waals surface area contributed by atoms with Crippen molar-refractivity contribution in [1.82, 2.24) is 16.0 Å². The molecule has 0 saturated carbocycles. The van der Waals surface area contributed by atoms with Crippen LogP contribution in [0.1, 0.15) is 47.0 Å². The molecule has 0 aliphatic carbocycles. The minimum absolute atomic E-state index is 0.0755. The number of aliphatic carboxylic acids is 1. The number of amides is 3. The number of hydrogen-bond acceptors (Lipinski definition) is 7. The molecule has 0 aromatic carbocycles. The van der Waals surface area contributed by atoms with E-state index in [0.717, 1.165) is 5.75 Å². The van der Waals surface area contributed by atoms with Crippen LogP contribution in [-0.2, 0) is 19.2 Å². The number of carboxylic acids is 1. The van der Waals surface area contributed by atoms with Crippen LogP contribution < -0.4 is 21.7 Å². The second kappa shape index (κ2) is 16.2. The van der Waals surface area contributed by atoms with Gasteiger partial charge in [0.2, 0.25) is 17.7 Å². The van der Waals surface area contributed by atoms with Crippen LogP contribution in [0.25, 0.3) is 0 Å². The van der Waals surface area contributed by atoms with Crippen LogP contribution in [0.2, 0.25) is 0 Å². The first-order valence-corrected chi connectivity index (χ1v) is 13.6. The van der Waals surface area contributed by atoms with E-state index in [4.69, 9.17) is 5.73 Å². The van der Waals surface area contributed by atoms with Crippen molar-refractivity contribution in [2.75, 3.05) is 24.0 Å². The summed E-state index contributed by atoms with van der Waals surface area (Å²) in [7, 11) is 0. The van der Waals surface area contributed by atoms with Crippen LogP contribution in [0.15, 0.2) is 0 Å². The molecule has 0 aliphatic heterocycles. The van der Waals surface area contributed by atoms with E-state index in [-0.39, 0.29) is 18.3 Å². The number of thioether (sulfide) groups is 2. The molecule has 0 rings (SSSR count). The van der Waals surface area contributed by atoms with Gasteiger partial charge in [0.1, 0.15) is 18.1 Å². The third kappa shape index (κ3) is 12.0. The van der Waals surface area contributed by atoms with Crippen molar-refractivity contribution in [3.05, 3.63) is 0 Å². The predicted octanol–water partition coefficient (Wildman–Crippen LogP) is 1.06. The van der Waals surface area contributed by atoms with Gasteiger partial charge in [0, 0.05) is 0 Å². The van der Waals surface area contributed by atoms with Gasteiger partial charge < -0.3 is 26.8 Å².